The number of aryl methyl sites for hydroxylation is 1. The van der Waals surface area contributed by atoms with E-state index in [0.717, 1.165) is 0 Å². The Morgan fingerprint density at radius 1 is 1.41 bits per heavy atom. The molecule has 0 spiro atoms. The number of hydrogen-bond donors (Lipinski definition) is 1. The van der Waals surface area contributed by atoms with E-state index in [0.29, 0.717) is 25.2 Å². The Morgan fingerprint density at radius 2 is 2.35 bits per heavy atom. The Kier molecular flexibility index (Phi) is 3.74. The Hall–Kier alpha value is -2.31. The first-order chi connectivity index (χ1) is 8.34. The van der Waals surface area contributed by atoms with Gasteiger partial charge in [0, 0.05) is 19.2 Å². The second kappa shape index (κ2) is 5.69. The molecule has 0 fully saturated rings. The lowest BCUT2D eigenvalue weighted by atomic mass is 10.3. The highest BCUT2D eigenvalue weighted by atomic mass is 16.1. The molecule has 0 aliphatic rings. The Bertz CT molecular complexity index is 455. The van der Waals surface area contributed by atoms with Crippen LogP contribution < -0.4 is 5.32 Å². The maximum atomic E-state index is 11.5. The molecule has 0 radical (unpaired) electrons. The second-order valence-corrected chi connectivity index (χ2v) is 3.44. The monoisotopic (exact) mass is 232 g/mol. The van der Waals surface area contributed by atoms with E-state index in [1.165, 1.54) is 6.33 Å². The molecular weight excluding hydrogens is 220 g/mol. The summed E-state index contributed by atoms with van der Waals surface area (Å²) >= 11 is 0. The third-order valence-electron chi connectivity index (χ3n) is 2.11. The Morgan fingerprint density at radius 3 is 3.06 bits per heavy atom. The lowest BCUT2D eigenvalue weighted by Crippen LogP contribution is -2.13. The lowest BCUT2D eigenvalue weighted by Gasteiger charge is -2.03. The third-order valence-corrected chi connectivity index (χ3v) is 2.11. The van der Waals surface area contributed by atoms with Gasteiger partial charge in [0.25, 0.3) is 0 Å². The molecule has 0 aliphatic heterocycles. The Labute approximate surface area is 97.9 Å². The third kappa shape index (κ3) is 3.63. The largest absolute Gasteiger partial charge is 0.311 e. The van der Waals surface area contributed by atoms with Gasteiger partial charge in [-0.1, -0.05) is 6.07 Å². The van der Waals surface area contributed by atoms with Gasteiger partial charge >= 0.3 is 0 Å². The molecule has 1 amide bonds. The van der Waals surface area contributed by atoms with Gasteiger partial charge in [0.15, 0.2) is 0 Å². The topological polar surface area (TPSA) is 85.6 Å². The maximum absolute atomic E-state index is 11.5. The number of carbonyl (C=O) groups is 1. The summed E-state index contributed by atoms with van der Waals surface area (Å²) in [6.45, 7) is 0.628. The van der Waals surface area contributed by atoms with Crippen LogP contribution in [0, 0.1) is 0 Å². The molecule has 88 valence electrons. The molecule has 0 saturated heterocycles. The van der Waals surface area contributed by atoms with Gasteiger partial charge in [-0.15, -0.1) is 5.10 Å². The zero-order chi connectivity index (χ0) is 11.9. The van der Waals surface area contributed by atoms with Crippen LogP contribution in [-0.4, -0.2) is 31.1 Å². The maximum Gasteiger partial charge on any atom is 0.225 e. The van der Waals surface area contributed by atoms with Crippen LogP contribution in [0.2, 0.25) is 0 Å². The van der Waals surface area contributed by atoms with Gasteiger partial charge in [-0.2, -0.15) is 0 Å². The van der Waals surface area contributed by atoms with Gasteiger partial charge in [-0.3, -0.25) is 4.79 Å². The quantitative estimate of drug-likeness (QED) is 0.810. The first-order valence-electron chi connectivity index (χ1n) is 5.26. The van der Waals surface area contributed by atoms with Crippen molar-refractivity contribution >= 4 is 11.7 Å². The van der Waals surface area contributed by atoms with Crippen LogP contribution in [0.5, 0.6) is 0 Å². The fraction of sp³-hybridized carbons (Fsp3) is 0.300. The number of nitrogens with one attached hydrogen (secondary N) is 1. The number of amides is 1. The summed E-state index contributed by atoms with van der Waals surface area (Å²) < 4.78 is 1.59. The molecular formula is C10H12N6O. The minimum atomic E-state index is -0.0585. The molecule has 17 heavy (non-hydrogen) atoms. The molecule has 2 aromatic heterocycles. The number of hydrogen-bond acceptors (Lipinski definition) is 5. The number of pyridine rings is 1. The van der Waals surface area contributed by atoms with Gasteiger partial charge in [-0.05, 0) is 29.0 Å². The lowest BCUT2D eigenvalue weighted by molar-refractivity contribution is -0.116. The highest BCUT2D eigenvalue weighted by Gasteiger charge is 2.03. The van der Waals surface area contributed by atoms with Crippen LogP contribution in [0.15, 0.2) is 30.7 Å². The van der Waals surface area contributed by atoms with E-state index in [-0.39, 0.29) is 5.91 Å². The predicted octanol–water partition coefficient (Wildman–Crippen LogP) is 0.487. The van der Waals surface area contributed by atoms with E-state index >= 15 is 0 Å². The van der Waals surface area contributed by atoms with Crippen molar-refractivity contribution in [2.75, 3.05) is 5.32 Å². The number of carbonyl (C=O) groups excluding carboxylic acids is 1. The van der Waals surface area contributed by atoms with Crippen molar-refractivity contribution in [3.8, 4) is 0 Å². The van der Waals surface area contributed by atoms with Gasteiger partial charge in [0.1, 0.15) is 12.1 Å². The van der Waals surface area contributed by atoms with Crippen LogP contribution in [0.4, 0.5) is 5.82 Å². The van der Waals surface area contributed by atoms with E-state index in [1.54, 1.807) is 23.0 Å². The average molecular weight is 232 g/mol. The van der Waals surface area contributed by atoms with Crippen LogP contribution >= 0.6 is 0 Å². The molecule has 0 bridgehead atoms. The molecule has 7 heteroatoms. The summed E-state index contributed by atoms with van der Waals surface area (Å²) in [4.78, 5) is 15.5. The predicted molar refractivity (Wildman–Crippen MR) is 59.9 cm³/mol. The molecule has 0 aromatic carbocycles. The molecule has 2 rings (SSSR count). The van der Waals surface area contributed by atoms with E-state index in [9.17, 15) is 4.79 Å². The van der Waals surface area contributed by atoms with Crippen molar-refractivity contribution in [1.82, 2.24) is 25.2 Å². The summed E-state index contributed by atoms with van der Waals surface area (Å²) in [5.41, 5.74) is 0. The normalized spacial score (nSPS) is 10.1. The smallest absolute Gasteiger partial charge is 0.225 e. The highest BCUT2D eigenvalue weighted by molar-refractivity contribution is 5.89. The molecule has 0 unspecified atom stereocenters. The van der Waals surface area contributed by atoms with E-state index in [1.807, 2.05) is 6.07 Å². The standard InChI is InChI=1S/C10H12N6O/c17-10(13-9-4-1-2-6-11-9)5-3-7-16-8-12-14-15-16/h1-2,4,6,8H,3,5,7H2,(H,11,13,17). The molecule has 0 aliphatic carbocycles. The zero-order valence-electron chi connectivity index (χ0n) is 9.15. The van der Waals surface area contributed by atoms with Crippen molar-refractivity contribution in [3.05, 3.63) is 30.7 Å². The fourth-order valence-corrected chi connectivity index (χ4v) is 1.33. The van der Waals surface area contributed by atoms with Gasteiger partial charge in [-0.25, -0.2) is 9.67 Å². The zero-order valence-corrected chi connectivity index (χ0v) is 9.15. The van der Waals surface area contributed by atoms with Crippen molar-refractivity contribution < 1.29 is 4.79 Å². The molecule has 1 N–H and O–H groups in total. The second-order valence-electron chi connectivity index (χ2n) is 3.44. The Balaban J connectivity index is 1.71. The van der Waals surface area contributed by atoms with Crippen molar-refractivity contribution in [2.45, 2.75) is 19.4 Å². The summed E-state index contributed by atoms with van der Waals surface area (Å²) in [5, 5.41) is 13.4. The van der Waals surface area contributed by atoms with Crippen molar-refractivity contribution in [3.63, 3.8) is 0 Å². The SMILES string of the molecule is O=C(CCCn1cnnn1)Nc1ccccn1. The summed E-state index contributed by atoms with van der Waals surface area (Å²) in [6, 6.07) is 5.37. The highest BCUT2D eigenvalue weighted by Crippen LogP contribution is 2.02. The molecule has 0 atom stereocenters. The average Bonchev–Trinajstić information content (AvgIpc) is 2.83. The molecule has 0 saturated carbocycles. The summed E-state index contributed by atoms with van der Waals surface area (Å²) in [5.74, 6) is 0.511. The van der Waals surface area contributed by atoms with Crippen LogP contribution in [0.3, 0.4) is 0 Å². The summed E-state index contributed by atoms with van der Waals surface area (Å²) in [7, 11) is 0. The molecule has 7 nitrogen and oxygen atoms in total. The first-order valence-corrected chi connectivity index (χ1v) is 5.26. The minimum Gasteiger partial charge on any atom is -0.311 e. The van der Waals surface area contributed by atoms with E-state index < -0.39 is 0 Å². The molecule has 2 heterocycles. The first kappa shape index (κ1) is 11.2. The number of nitrogens with zero attached hydrogens (tertiary/aromatic N) is 5. The van der Waals surface area contributed by atoms with E-state index in [2.05, 4.69) is 25.8 Å². The minimum absolute atomic E-state index is 0.0585. The van der Waals surface area contributed by atoms with Crippen LogP contribution in [0.25, 0.3) is 0 Å². The van der Waals surface area contributed by atoms with Gasteiger partial charge in [0.2, 0.25) is 5.91 Å². The number of rotatable bonds is 5. The van der Waals surface area contributed by atoms with Crippen LogP contribution in [0.1, 0.15) is 12.8 Å². The van der Waals surface area contributed by atoms with Gasteiger partial charge in [0.05, 0.1) is 0 Å². The number of tetrazole rings is 1. The fourth-order valence-electron chi connectivity index (χ4n) is 1.33. The van der Waals surface area contributed by atoms with Crippen LogP contribution in [-0.2, 0) is 11.3 Å². The van der Waals surface area contributed by atoms with Crippen molar-refractivity contribution in [1.29, 1.82) is 0 Å². The van der Waals surface area contributed by atoms with Gasteiger partial charge < -0.3 is 5.32 Å². The number of aromatic nitrogens is 5. The summed E-state index contributed by atoms with van der Waals surface area (Å²) in [6.07, 6.45) is 4.26. The molecule has 2 aromatic rings. The number of anilines is 1. The van der Waals surface area contributed by atoms with Crippen molar-refractivity contribution in [2.24, 2.45) is 0 Å². The van der Waals surface area contributed by atoms with E-state index in [4.69, 9.17) is 0 Å².